The maximum atomic E-state index is 13.3. The summed E-state index contributed by atoms with van der Waals surface area (Å²) in [6.07, 6.45) is 0. The summed E-state index contributed by atoms with van der Waals surface area (Å²) in [6, 6.07) is 6.94. The van der Waals surface area contributed by atoms with Gasteiger partial charge in [-0.15, -0.1) is 0 Å². The molecule has 0 spiro atoms. The molecule has 17 heavy (non-hydrogen) atoms. The smallest absolute Gasteiger partial charge is 0.160 e. The molecule has 0 fully saturated rings. The summed E-state index contributed by atoms with van der Waals surface area (Å²) in [4.78, 5) is 4.38. The van der Waals surface area contributed by atoms with Crippen LogP contribution in [-0.2, 0) is 0 Å². The third kappa shape index (κ3) is 2.59. The Hall–Kier alpha value is -1.12. The van der Waals surface area contributed by atoms with Crippen molar-refractivity contribution in [2.45, 2.75) is 13.8 Å². The Morgan fingerprint density at radius 3 is 2.12 bits per heavy atom. The van der Waals surface area contributed by atoms with Crippen molar-refractivity contribution < 1.29 is 4.39 Å². The van der Waals surface area contributed by atoms with Gasteiger partial charge in [0.15, 0.2) is 5.82 Å². The zero-order chi connectivity index (χ0) is 12.6. The summed E-state index contributed by atoms with van der Waals surface area (Å²) >= 11 is 11.5. The highest BCUT2D eigenvalue weighted by atomic mass is 35.5. The Bertz CT molecular complexity index is 538. The Morgan fingerprint density at radius 2 is 1.59 bits per heavy atom. The fourth-order valence-corrected chi connectivity index (χ4v) is 2.18. The van der Waals surface area contributed by atoms with Crippen LogP contribution in [-0.4, -0.2) is 4.98 Å². The second-order valence-corrected chi connectivity index (χ2v) is 4.74. The van der Waals surface area contributed by atoms with Crippen LogP contribution in [0.15, 0.2) is 24.3 Å². The van der Waals surface area contributed by atoms with Crippen LogP contribution >= 0.6 is 23.2 Å². The molecule has 1 aromatic carbocycles. The number of aryl methyl sites for hydroxylation is 2. The number of halogens is 3. The van der Waals surface area contributed by atoms with Gasteiger partial charge in [-0.25, -0.2) is 4.39 Å². The van der Waals surface area contributed by atoms with Crippen LogP contribution in [0.2, 0.25) is 10.0 Å². The van der Waals surface area contributed by atoms with E-state index in [9.17, 15) is 4.39 Å². The molecule has 2 aromatic rings. The zero-order valence-corrected chi connectivity index (χ0v) is 10.9. The van der Waals surface area contributed by atoms with Crippen molar-refractivity contribution in [1.82, 2.24) is 4.98 Å². The van der Waals surface area contributed by atoms with Gasteiger partial charge in [-0.05, 0) is 43.7 Å². The van der Waals surface area contributed by atoms with Crippen LogP contribution in [0.5, 0.6) is 0 Å². The van der Waals surface area contributed by atoms with E-state index in [2.05, 4.69) is 4.98 Å². The van der Waals surface area contributed by atoms with Crippen LogP contribution in [0.25, 0.3) is 11.3 Å². The number of nitrogens with zero attached hydrogens (tertiary/aromatic N) is 1. The minimum atomic E-state index is -0.596. The molecule has 0 N–H and O–H groups in total. The summed E-state index contributed by atoms with van der Waals surface area (Å²) in [7, 11) is 0. The molecule has 0 aliphatic carbocycles. The lowest BCUT2D eigenvalue weighted by atomic mass is 10.1. The first-order chi connectivity index (χ1) is 7.97. The summed E-state index contributed by atoms with van der Waals surface area (Å²) in [6.45, 7) is 3.88. The van der Waals surface area contributed by atoms with Crippen molar-refractivity contribution in [2.24, 2.45) is 0 Å². The summed E-state index contributed by atoms with van der Waals surface area (Å²) in [5, 5.41) is 0.0157. The van der Waals surface area contributed by atoms with Gasteiger partial charge in [0.25, 0.3) is 0 Å². The monoisotopic (exact) mass is 269 g/mol. The van der Waals surface area contributed by atoms with Crippen molar-refractivity contribution in [3.05, 3.63) is 51.4 Å². The molecule has 0 bridgehead atoms. The Kier molecular flexibility index (Phi) is 3.36. The third-order valence-electron chi connectivity index (χ3n) is 2.38. The number of rotatable bonds is 1. The van der Waals surface area contributed by atoms with Crippen LogP contribution in [0, 0.1) is 19.7 Å². The highest BCUT2D eigenvalue weighted by Gasteiger charge is 2.10. The van der Waals surface area contributed by atoms with E-state index >= 15 is 0 Å². The summed E-state index contributed by atoms with van der Waals surface area (Å²) < 4.78 is 13.3. The van der Waals surface area contributed by atoms with E-state index in [1.165, 1.54) is 12.1 Å². The highest BCUT2D eigenvalue weighted by molar-refractivity contribution is 6.35. The quantitative estimate of drug-likeness (QED) is 0.677. The molecule has 0 amide bonds. The topological polar surface area (TPSA) is 12.9 Å². The molecule has 0 unspecified atom stereocenters. The lowest BCUT2D eigenvalue weighted by Crippen LogP contribution is -1.90. The van der Waals surface area contributed by atoms with Crippen LogP contribution < -0.4 is 0 Å². The van der Waals surface area contributed by atoms with E-state index in [1.54, 1.807) is 0 Å². The molecule has 0 aliphatic heterocycles. The van der Waals surface area contributed by atoms with E-state index in [0.717, 1.165) is 17.0 Å². The van der Waals surface area contributed by atoms with Crippen LogP contribution in [0.1, 0.15) is 11.3 Å². The van der Waals surface area contributed by atoms with Crippen LogP contribution in [0.3, 0.4) is 0 Å². The first kappa shape index (κ1) is 12.3. The maximum absolute atomic E-state index is 13.3. The number of hydrogen-bond acceptors (Lipinski definition) is 1. The molecule has 4 heteroatoms. The van der Waals surface area contributed by atoms with Gasteiger partial charge in [-0.1, -0.05) is 23.2 Å². The first-order valence-corrected chi connectivity index (χ1v) is 5.83. The van der Waals surface area contributed by atoms with Gasteiger partial charge >= 0.3 is 0 Å². The number of benzene rings is 1. The molecule has 1 nitrogen and oxygen atoms in total. The van der Waals surface area contributed by atoms with E-state index in [-0.39, 0.29) is 10.0 Å². The van der Waals surface area contributed by atoms with Gasteiger partial charge in [0.05, 0.1) is 15.7 Å². The van der Waals surface area contributed by atoms with Crippen LogP contribution in [0.4, 0.5) is 4.39 Å². The highest BCUT2D eigenvalue weighted by Crippen LogP contribution is 2.30. The lowest BCUT2D eigenvalue weighted by molar-refractivity contribution is 0.629. The van der Waals surface area contributed by atoms with Gasteiger partial charge < -0.3 is 0 Å². The average molecular weight is 270 g/mol. The standard InChI is InChI=1S/C13H10Cl2FN/c1-7-3-8(2)17-12(4-7)9-5-10(14)13(16)11(15)6-9/h3-6H,1-2H3. The molecule has 0 radical (unpaired) electrons. The van der Waals surface area contributed by atoms with E-state index in [0.29, 0.717) is 5.56 Å². The molecule has 1 heterocycles. The molecule has 0 atom stereocenters. The average Bonchev–Trinajstić information content (AvgIpc) is 2.23. The van der Waals surface area contributed by atoms with Crippen molar-refractivity contribution in [3.63, 3.8) is 0 Å². The van der Waals surface area contributed by atoms with Gasteiger partial charge in [0.2, 0.25) is 0 Å². The van der Waals surface area contributed by atoms with Gasteiger partial charge in [-0.2, -0.15) is 0 Å². The molecule has 1 aromatic heterocycles. The number of pyridine rings is 1. The second-order valence-electron chi connectivity index (χ2n) is 3.92. The molecule has 88 valence electrons. The van der Waals surface area contributed by atoms with Gasteiger partial charge in [0.1, 0.15) is 0 Å². The Balaban J connectivity index is 2.60. The van der Waals surface area contributed by atoms with Crippen molar-refractivity contribution in [2.75, 3.05) is 0 Å². The van der Waals surface area contributed by atoms with Gasteiger partial charge in [0, 0.05) is 11.3 Å². The predicted molar refractivity (Wildman–Crippen MR) is 69.1 cm³/mol. The molecular formula is C13H10Cl2FN. The van der Waals surface area contributed by atoms with Gasteiger partial charge in [-0.3, -0.25) is 4.98 Å². The van der Waals surface area contributed by atoms with E-state index in [4.69, 9.17) is 23.2 Å². The van der Waals surface area contributed by atoms with Crippen molar-refractivity contribution >= 4 is 23.2 Å². The second kappa shape index (κ2) is 4.63. The fraction of sp³-hybridized carbons (Fsp3) is 0.154. The number of hydrogen-bond donors (Lipinski definition) is 0. The first-order valence-electron chi connectivity index (χ1n) is 5.07. The van der Waals surface area contributed by atoms with E-state index in [1.807, 2.05) is 26.0 Å². The zero-order valence-electron chi connectivity index (χ0n) is 9.39. The molecule has 0 aliphatic rings. The van der Waals surface area contributed by atoms with Crippen molar-refractivity contribution in [3.8, 4) is 11.3 Å². The molecule has 0 saturated heterocycles. The Labute approximate surface area is 109 Å². The lowest BCUT2D eigenvalue weighted by Gasteiger charge is -2.06. The van der Waals surface area contributed by atoms with Crippen molar-refractivity contribution in [1.29, 1.82) is 0 Å². The molecular weight excluding hydrogens is 260 g/mol. The SMILES string of the molecule is Cc1cc(C)nc(-c2cc(Cl)c(F)c(Cl)c2)c1. The summed E-state index contributed by atoms with van der Waals surface area (Å²) in [5.41, 5.74) is 3.44. The number of aromatic nitrogens is 1. The Morgan fingerprint density at radius 1 is 1.00 bits per heavy atom. The summed E-state index contributed by atoms with van der Waals surface area (Å²) in [5.74, 6) is -0.596. The molecule has 2 rings (SSSR count). The normalized spacial score (nSPS) is 10.6. The molecule has 0 saturated carbocycles. The largest absolute Gasteiger partial charge is 0.253 e. The minimum absolute atomic E-state index is 0.00783. The fourth-order valence-electron chi connectivity index (χ4n) is 1.69. The minimum Gasteiger partial charge on any atom is -0.253 e. The van der Waals surface area contributed by atoms with E-state index < -0.39 is 5.82 Å². The maximum Gasteiger partial charge on any atom is 0.160 e. The predicted octanol–water partition coefficient (Wildman–Crippen LogP) is 4.81. The third-order valence-corrected chi connectivity index (χ3v) is 2.93.